The molecule has 0 saturated heterocycles. The van der Waals surface area contributed by atoms with E-state index in [4.69, 9.17) is 4.74 Å². The van der Waals surface area contributed by atoms with Gasteiger partial charge in [-0.05, 0) is 35.7 Å². The highest BCUT2D eigenvalue weighted by molar-refractivity contribution is 5.80. The molecule has 0 amide bonds. The number of benzene rings is 2. The Bertz CT molecular complexity index is 751. The van der Waals surface area contributed by atoms with Crippen molar-refractivity contribution in [1.29, 1.82) is 0 Å². The summed E-state index contributed by atoms with van der Waals surface area (Å²) in [7, 11) is 0. The van der Waals surface area contributed by atoms with Gasteiger partial charge in [0.05, 0.1) is 12.2 Å². The van der Waals surface area contributed by atoms with Crippen molar-refractivity contribution in [3.05, 3.63) is 52.6 Å². The van der Waals surface area contributed by atoms with Crippen LogP contribution < -0.4 is 4.74 Å². The summed E-state index contributed by atoms with van der Waals surface area (Å²) in [5.74, 6) is 1.36. The van der Waals surface area contributed by atoms with Crippen LogP contribution in [-0.4, -0.2) is 23.1 Å². The molecule has 21 heavy (non-hydrogen) atoms. The average Bonchev–Trinajstić information content (AvgIpc) is 2.83. The number of hydrogen-bond donors (Lipinski definition) is 2. The number of fused-ring (bicyclic) bond motifs is 5. The molecule has 2 aromatic rings. The van der Waals surface area contributed by atoms with E-state index in [1.807, 2.05) is 6.07 Å². The Morgan fingerprint density at radius 3 is 2.81 bits per heavy atom. The molecule has 0 fully saturated rings. The zero-order chi connectivity index (χ0) is 14.6. The van der Waals surface area contributed by atoms with Crippen molar-refractivity contribution in [3.8, 4) is 17.2 Å². The summed E-state index contributed by atoms with van der Waals surface area (Å²) in [6.07, 6.45) is 1.52. The molecule has 106 valence electrons. The van der Waals surface area contributed by atoms with E-state index in [1.54, 1.807) is 24.3 Å². The van der Waals surface area contributed by atoms with E-state index in [-0.39, 0.29) is 17.4 Å². The Morgan fingerprint density at radius 1 is 1.14 bits per heavy atom. The first kappa shape index (κ1) is 12.3. The van der Waals surface area contributed by atoms with Crippen LogP contribution in [-0.2, 0) is 6.42 Å². The summed E-state index contributed by atoms with van der Waals surface area (Å²) in [5.41, 5.74) is 3.51. The molecule has 2 N–H and O–H groups in total. The summed E-state index contributed by atoms with van der Waals surface area (Å²) >= 11 is 0. The third-order valence-corrected chi connectivity index (χ3v) is 4.49. The van der Waals surface area contributed by atoms with Gasteiger partial charge in [-0.25, -0.2) is 0 Å². The highest BCUT2D eigenvalue weighted by Crippen LogP contribution is 2.50. The third-order valence-electron chi connectivity index (χ3n) is 4.49. The Balaban J connectivity index is 1.88. The van der Waals surface area contributed by atoms with Crippen LogP contribution in [0.15, 0.2) is 30.3 Å². The smallest absolute Gasteiger partial charge is 0.153 e. The summed E-state index contributed by atoms with van der Waals surface area (Å²) in [6, 6.07) is 8.63. The zero-order valence-corrected chi connectivity index (χ0v) is 11.2. The maximum atomic E-state index is 11.0. The van der Waals surface area contributed by atoms with Gasteiger partial charge in [-0.2, -0.15) is 0 Å². The molecule has 4 nitrogen and oxygen atoms in total. The van der Waals surface area contributed by atoms with Crippen molar-refractivity contribution < 1.29 is 19.7 Å². The maximum absolute atomic E-state index is 11.0. The van der Waals surface area contributed by atoms with Crippen LogP contribution in [0.4, 0.5) is 0 Å². The molecule has 2 atom stereocenters. The van der Waals surface area contributed by atoms with E-state index in [0.717, 1.165) is 23.1 Å². The number of phenolic OH excluding ortho intramolecular Hbond substituents is 2. The van der Waals surface area contributed by atoms with E-state index in [1.165, 1.54) is 0 Å². The first-order valence-corrected chi connectivity index (χ1v) is 6.94. The molecular weight excluding hydrogens is 268 g/mol. The van der Waals surface area contributed by atoms with Gasteiger partial charge in [0.25, 0.3) is 0 Å². The highest BCUT2D eigenvalue weighted by Gasteiger charge is 2.39. The molecule has 0 spiro atoms. The van der Waals surface area contributed by atoms with Gasteiger partial charge in [-0.15, -0.1) is 0 Å². The molecule has 0 radical (unpaired) electrons. The molecule has 4 rings (SSSR count). The number of carbonyl (C=O) groups is 1. The van der Waals surface area contributed by atoms with Crippen molar-refractivity contribution in [1.82, 2.24) is 0 Å². The van der Waals surface area contributed by atoms with Gasteiger partial charge >= 0.3 is 0 Å². The number of hydrogen-bond acceptors (Lipinski definition) is 4. The fourth-order valence-electron chi connectivity index (χ4n) is 3.56. The lowest BCUT2D eigenvalue weighted by atomic mass is 9.84. The summed E-state index contributed by atoms with van der Waals surface area (Å²) < 4.78 is 5.74. The normalized spacial score (nSPS) is 21.9. The molecule has 0 bridgehead atoms. The monoisotopic (exact) mass is 282 g/mol. The Hall–Kier alpha value is -2.49. The lowest BCUT2D eigenvalue weighted by molar-refractivity contribution is 0.112. The minimum atomic E-state index is 0.0243. The van der Waals surface area contributed by atoms with Crippen molar-refractivity contribution in [2.24, 2.45) is 5.92 Å². The fourth-order valence-corrected chi connectivity index (χ4v) is 3.56. The van der Waals surface area contributed by atoms with Crippen LogP contribution in [0.1, 0.15) is 33.0 Å². The Labute approximate surface area is 121 Å². The first-order valence-electron chi connectivity index (χ1n) is 6.94. The van der Waals surface area contributed by atoms with Crippen LogP contribution in [0.25, 0.3) is 0 Å². The van der Waals surface area contributed by atoms with E-state index >= 15 is 0 Å². The second-order valence-electron chi connectivity index (χ2n) is 5.70. The summed E-state index contributed by atoms with van der Waals surface area (Å²) in [5, 5.41) is 19.5. The standard InChI is InChI=1S/C17H14O4/c18-7-10-3-9-4-11-8-21-16-5-12(19)1-2-13(16)17(11)14(9)6-15(10)20/h1-3,5-7,11,17,19-20H,4,8H2. The topological polar surface area (TPSA) is 66.8 Å². The lowest BCUT2D eigenvalue weighted by Crippen LogP contribution is -2.23. The second-order valence-corrected chi connectivity index (χ2v) is 5.70. The van der Waals surface area contributed by atoms with Gasteiger partial charge < -0.3 is 14.9 Å². The summed E-state index contributed by atoms with van der Waals surface area (Å²) in [6.45, 7) is 0.576. The van der Waals surface area contributed by atoms with Crippen molar-refractivity contribution in [3.63, 3.8) is 0 Å². The predicted molar refractivity (Wildman–Crippen MR) is 76.1 cm³/mol. The van der Waals surface area contributed by atoms with Crippen LogP contribution >= 0.6 is 0 Å². The number of phenols is 2. The quantitative estimate of drug-likeness (QED) is 0.789. The van der Waals surface area contributed by atoms with Crippen molar-refractivity contribution in [2.45, 2.75) is 12.3 Å². The largest absolute Gasteiger partial charge is 0.508 e. The Morgan fingerprint density at radius 2 is 2.00 bits per heavy atom. The number of carbonyl (C=O) groups excluding carboxylic acids is 1. The SMILES string of the molecule is O=Cc1cc2c(cc1O)C1c3ccc(O)cc3OCC1C2. The molecule has 4 heteroatoms. The summed E-state index contributed by atoms with van der Waals surface area (Å²) in [4.78, 5) is 11.0. The maximum Gasteiger partial charge on any atom is 0.153 e. The van der Waals surface area contributed by atoms with Gasteiger partial charge in [0.15, 0.2) is 6.29 Å². The van der Waals surface area contributed by atoms with Gasteiger partial charge in [-0.3, -0.25) is 4.79 Å². The molecule has 0 aromatic heterocycles. The predicted octanol–water partition coefficient (Wildman–Crippen LogP) is 2.61. The highest BCUT2D eigenvalue weighted by atomic mass is 16.5. The van der Waals surface area contributed by atoms with E-state index in [0.29, 0.717) is 30.1 Å². The zero-order valence-electron chi connectivity index (χ0n) is 11.2. The average molecular weight is 282 g/mol. The van der Waals surface area contributed by atoms with Gasteiger partial charge in [0, 0.05) is 23.5 Å². The number of aldehydes is 1. The molecular formula is C17H14O4. The number of aromatic hydroxyl groups is 2. The third kappa shape index (κ3) is 1.72. The molecule has 1 heterocycles. The second kappa shape index (κ2) is 4.25. The van der Waals surface area contributed by atoms with E-state index in [9.17, 15) is 15.0 Å². The molecule has 2 unspecified atom stereocenters. The molecule has 1 aliphatic carbocycles. The van der Waals surface area contributed by atoms with Crippen LogP contribution in [0, 0.1) is 5.92 Å². The minimum Gasteiger partial charge on any atom is -0.508 e. The van der Waals surface area contributed by atoms with E-state index in [2.05, 4.69) is 0 Å². The first-order chi connectivity index (χ1) is 10.2. The van der Waals surface area contributed by atoms with Gasteiger partial charge in [0.1, 0.15) is 17.2 Å². The number of ether oxygens (including phenoxy) is 1. The number of rotatable bonds is 1. The Kier molecular flexibility index (Phi) is 2.48. The van der Waals surface area contributed by atoms with Crippen molar-refractivity contribution >= 4 is 6.29 Å². The minimum absolute atomic E-state index is 0.0243. The van der Waals surface area contributed by atoms with Crippen LogP contribution in [0.2, 0.25) is 0 Å². The molecule has 0 saturated carbocycles. The van der Waals surface area contributed by atoms with Gasteiger partial charge in [0.2, 0.25) is 0 Å². The van der Waals surface area contributed by atoms with Crippen LogP contribution in [0.3, 0.4) is 0 Å². The molecule has 2 aromatic carbocycles. The molecule has 2 aliphatic rings. The van der Waals surface area contributed by atoms with E-state index < -0.39 is 0 Å². The van der Waals surface area contributed by atoms with Crippen molar-refractivity contribution in [2.75, 3.05) is 6.61 Å². The fraction of sp³-hybridized carbons (Fsp3) is 0.235. The van der Waals surface area contributed by atoms with Crippen LogP contribution in [0.5, 0.6) is 17.2 Å². The van der Waals surface area contributed by atoms with Gasteiger partial charge in [-0.1, -0.05) is 6.07 Å². The lowest BCUT2D eigenvalue weighted by Gasteiger charge is -2.29. The molecule has 1 aliphatic heterocycles.